The third-order valence-corrected chi connectivity index (χ3v) is 2.33. The summed E-state index contributed by atoms with van der Waals surface area (Å²) >= 11 is 3.25. The lowest BCUT2D eigenvalue weighted by atomic mass is 9.69. The lowest BCUT2D eigenvalue weighted by Crippen LogP contribution is -2.22. The van der Waals surface area contributed by atoms with Crippen LogP contribution in [0.4, 0.5) is 0 Å². The van der Waals surface area contributed by atoms with Gasteiger partial charge in [-0.2, -0.15) is 0 Å². The monoisotopic (exact) mass is 255 g/mol. The summed E-state index contributed by atoms with van der Waals surface area (Å²) in [6, 6.07) is 0. The zero-order valence-electron chi connectivity index (χ0n) is 7.66. The van der Waals surface area contributed by atoms with Crippen LogP contribution in [0.2, 0.25) is 0 Å². The molecule has 0 amide bonds. The molecule has 0 saturated carbocycles. The second-order valence-electron chi connectivity index (χ2n) is 2.78. The smallest absolute Gasteiger partial charge is 0.336 e. The summed E-state index contributed by atoms with van der Waals surface area (Å²) in [6.45, 7) is 3.47. The number of aliphatic hydroxyl groups excluding tert-OH is 1. The molecule has 1 aliphatic rings. The molecule has 1 heterocycles. The number of methoxy groups -OCH3 is 1. The maximum Gasteiger partial charge on any atom is 0.336 e. The third-order valence-electron chi connectivity index (χ3n) is 1.83. The second-order valence-corrected chi connectivity index (χ2v) is 3.70. The van der Waals surface area contributed by atoms with Crippen LogP contribution >= 0.6 is 15.9 Å². The Morgan fingerprint density at radius 3 is 2.79 bits per heavy atom. The van der Waals surface area contributed by atoms with Crippen LogP contribution in [-0.4, -0.2) is 31.6 Å². The van der Waals surface area contributed by atoms with Crippen molar-refractivity contribution in [3.8, 4) is 0 Å². The molecule has 0 saturated heterocycles. The zero-order valence-corrected chi connectivity index (χ0v) is 9.24. The van der Waals surface area contributed by atoms with Gasteiger partial charge in [-0.1, -0.05) is 40.1 Å². The van der Waals surface area contributed by atoms with Crippen molar-refractivity contribution < 1.29 is 14.6 Å². The summed E-state index contributed by atoms with van der Waals surface area (Å²) in [5.41, 5.74) is 0.651. The van der Waals surface area contributed by atoms with Crippen LogP contribution in [0, 0.1) is 0 Å². The van der Waals surface area contributed by atoms with E-state index in [9.17, 15) is 9.90 Å². The summed E-state index contributed by atoms with van der Waals surface area (Å²) in [5, 5.41) is 9.68. The molecule has 1 aliphatic heterocycles. The first-order chi connectivity index (χ1) is 6.56. The number of esters is 1. The van der Waals surface area contributed by atoms with Crippen LogP contribution in [0.5, 0.6) is 0 Å². The van der Waals surface area contributed by atoms with E-state index in [1.807, 2.05) is 0 Å². The Hall–Kier alpha value is -0.805. The number of carbonyl (C=O) groups is 1. The number of rotatable bonds is 3. The Labute approximate surface area is 91.5 Å². The van der Waals surface area contributed by atoms with E-state index in [1.54, 1.807) is 19.4 Å². The Morgan fingerprint density at radius 1 is 1.71 bits per heavy atom. The van der Waals surface area contributed by atoms with E-state index in [0.29, 0.717) is 5.47 Å². The molecule has 0 bridgehead atoms. The summed E-state index contributed by atoms with van der Waals surface area (Å²) in [4.78, 5) is 11.0. The van der Waals surface area contributed by atoms with Gasteiger partial charge in [-0.05, 0) is 4.38 Å². The van der Waals surface area contributed by atoms with Gasteiger partial charge in [0.05, 0.1) is 18.8 Å². The number of aliphatic hydroxyl groups is 1. The number of ether oxygens (including phenoxy) is 1. The number of hydrogen-bond acceptors (Lipinski definition) is 3. The molecular weight excluding hydrogens is 247 g/mol. The molecule has 0 aromatic carbocycles. The highest BCUT2D eigenvalue weighted by molar-refractivity contribution is 9.12. The summed E-state index contributed by atoms with van der Waals surface area (Å²) in [7, 11) is 2.97. The van der Waals surface area contributed by atoms with E-state index < -0.39 is 12.1 Å². The van der Waals surface area contributed by atoms with Gasteiger partial charge in [-0.3, -0.25) is 0 Å². The van der Waals surface area contributed by atoms with Crippen molar-refractivity contribution in [2.75, 3.05) is 7.11 Å². The normalized spacial score (nSPS) is 16.5. The molecule has 1 atom stereocenters. The summed E-state index contributed by atoms with van der Waals surface area (Å²) < 4.78 is 5.30. The van der Waals surface area contributed by atoms with Crippen LogP contribution in [-0.2, 0) is 9.53 Å². The Morgan fingerprint density at radius 2 is 2.36 bits per heavy atom. The topological polar surface area (TPSA) is 46.5 Å². The molecule has 3 nitrogen and oxygen atoms in total. The molecule has 1 radical (unpaired) electrons. The van der Waals surface area contributed by atoms with E-state index >= 15 is 0 Å². The Kier molecular flexibility index (Phi) is 3.72. The van der Waals surface area contributed by atoms with Crippen molar-refractivity contribution in [1.82, 2.24) is 0 Å². The summed E-state index contributed by atoms with van der Waals surface area (Å²) in [5.74, 6) is -0.602. The lowest BCUT2D eigenvalue weighted by Gasteiger charge is -2.12. The molecule has 1 unspecified atom stereocenters. The van der Waals surface area contributed by atoms with Gasteiger partial charge in [-0.25, -0.2) is 4.79 Å². The minimum Gasteiger partial charge on any atom is -0.466 e. The zero-order chi connectivity index (χ0) is 10.7. The highest BCUT2D eigenvalue weighted by Gasteiger charge is 2.23. The Balaban J connectivity index is 2.64. The fourth-order valence-electron chi connectivity index (χ4n) is 1.05. The Bertz CT molecular complexity index is 331. The molecule has 0 aromatic rings. The van der Waals surface area contributed by atoms with E-state index in [-0.39, 0.29) is 5.57 Å². The van der Waals surface area contributed by atoms with Crippen molar-refractivity contribution in [1.29, 1.82) is 0 Å². The number of hydrogen-bond donors (Lipinski definition) is 1. The quantitative estimate of drug-likeness (QED) is 0.463. The predicted octanol–water partition coefficient (Wildman–Crippen LogP) is 0.914. The first-order valence-electron chi connectivity index (χ1n) is 3.93. The second kappa shape index (κ2) is 4.62. The fourth-order valence-corrected chi connectivity index (χ4v) is 1.44. The van der Waals surface area contributed by atoms with Crippen LogP contribution in [0.1, 0.15) is 0 Å². The van der Waals surface area contributed by atoms with E-state index in [2.05, 4.69) is 27.2 Å². The van der Waals surface area contributed by atoms with Gasteiger partial charge in [0, 0.05) is 0 Å². The maximum absolute atomic E-state index is 11.0. The molecule has 0 fully saturated rings. The van der Waals surface area contributed by atoms with Crippen molar-refractivity contribution in [3.63, 3.8) is 0 Å². The number of carbonyl (C=O) groups excluding carboxylic acids is 1. The molecule has 0 spiro atoms. The molecule has 5 heteroatoms. The van der Waals surface area contributed by atoms with Gasteiger partial charge in [0.25, 0.3) is 0 Å². The van der Waals surface area contributed by atoms with Gasteiger partial charge in [0.2, 0.25) is 0 Å². The van der Waals surface area contributed by atoms with Crippen LogP contribution < -0.4 is 0 Å². The van der Waals surface area contributed by atoms with Gasteiger partial charge < -0.3 is 9.84 Å². The average molecular weight is 256 g/mol. The average Bonchev–Trinajstić information content (AvgIpc) is 2.61. The summed E-state index contributed by atoms with van der Waals surface area (Å²) in [6.07, 6.45) is 2.49. The van der Waals surface area contributed by atoms with Crippen molar-refractivity contribution in [2.24, 2.45) is 0 Å². The SMILES string of the molecule is C=C(C(=O)OC)C(O)C1=CC=C(Br)[B]1. The van der Waals surface area contributed by atoms with E-state index in [4.69, 9.17) is 0 Å². The highest BCUT2D eigenvalue weighted by Crippen LogP contribution is 2.21. The van der Waals surface area contributed by atoms with E-state index in [1.165, 1.54) is 7.11 Å². The van der Waals surface area contributed by atoms with Crippen LogP contribution in [0.15, 0.2) is 34.2 Å². The van der Waals surface area contributed by atoms with Gasteiger partial charge in [0.1, 0.15) is 0 Å². The number of halogens is 1. The standard InChI is InChI=1S/C9H9BBrO3/c1-5(9(13)14-2)8(12)6-3-4-7(11)10-6/h3-4,8,12H,1H2,2H3. The van der Waals surface area contributed by atoms with Crippen LogP contribution in [0.25, 0.3) is 0 Å². The molecule has 0 aromatic heterocycles. The minimum atomic E-state index is -1.01. The fraction of sp³-hybridized carbons (Fsp3) is 0.222. The predicted molar refractivity (Wildman–Crippen MR) is 58.0 cm³/mol. The van der Waals surface area contributed by atoms with Gasteiger partial charge in [0.15, 0.2) is 7.28 Å². The number of allylic oxidation sites excluding steroid dienone is 2. The molecular formula is C9H9BBrO3. The van der Waals surface area contributed by atoms with Crippen molar-refractivity contribution >= 4 is 29.2 Å². The van der Waals surface area contributed by atoms with Crippen LogP contribution in [0.3, 0.4) is 0 Å². The largest absolute Gasteiger partial charge is 0.466 e. The minimum absolute atomic E-state index is 0.0330. The van der Waals surface area contributed by atoms with Crippen molar-refractivity contribution in [3.05, 3.63) is 34.2 Å². The van der Waals surface area contributed by atoms with Crippen molar-refractivity contribution in [2.45, 2.75) is 6.10 Å². The first-order valence-corrected chi connectivity index (χ1v) is 4.73. The van der Waals surface area contributed by atoms with Gasteiger partial charge >= 0.3 is 5.97 Å². The molecule has 1 N–H and O–H groups in total. The van der Waals surface area contributed by atoms with E-state index in [0.717, 1.165) is 4.38 Å². The first kappa shape index (κ1) is 11.3. The highest BCUT2D eigenvalue weighted by atomic mass is 79.9. The lowest BCUT2D eigenvalue weighted by molar-refractivity contribution is -0.136. The third kappa shape index (κ3) is 2.36. The van der Waals surface area contributed by atoms with Gasteiger partial charge in [-0.15, -0.1) is 0 Å². The maximum atomic E-state index is 11.0. The molecule has 1 rings (SSSR count). The molecule has 0 aliphatic carbocycles. The molecule has 73 valence electrons. The molecule has 14 heavy (non-hydrogen) atoms.